The molecule has 1 saturated heterocycles. The fraction of sp³-hybridized carbons (Fsp3) is 0.350. The van der Waals surface area contributed by atoms with E-state index in [2.05, 4.69) is 15.0 Å². The van der Waals surface area contributed by atoms with Crippen LogP contribution in [0.4, 0.5) is 13.2 Å². The van der Waals surface area contributed by atoms with Crippen molar-refractivity contribution in [3.05, 3.63) is 63.0 Å². The minimum atomic E-state index is -4.60. The third kappa shape index (κ3) is 4.63. The Kier molecular flexibility index (Phi) is 5.85. The zero-order chi connectivity index (χ0) is 22.3. The topological polar surface area (TPSA) is 53.7 Å². The van der Waals surface area contributed by atoms with Crippen molar-refractivity contribution in [3.63, 3.8) is 0 Å². The fourth-order valence-corrected chi connectivity index (χ4v) is 3.89. The van der Waals surface area contributed by atoms with Crippen LogP contribution in [0.15, 0.2) is 30.3 Å². The minimum absolute atomic E-state index is 0.00562. The second-order valence-corrected chi connectivity index (χ2v) is 8.21. The summed E-state index contributed by atoms with van der Waals surface area (Å²) in [5.41, 5.74) is 0.196. The lowest BCUT2D eigenvalue weighted by Gasteiger charge is -2.34. The van der Waals surface area contributed by atoms with Crippen LogP contribution in [-0.2, 0) is 12.7 Å². The molecule has 164 valence electrons. The highest BCUT2D eigenvalue weighted by molar-refractivity contribution is 6.42. The Morgan fingerprint density at radius 3 is 2.42 bits per heavy atom. The number of amides is 1. The van der Waals surface area contributed by atoms with E-state index in [0.717, 1.165) is 11.6 Å². The van der Waals surface area contributed by atoms with Gasteiger partial charge in [-0.3, -0.25) is 9.69 Å². The van der Waals surface area contributed by atoms with Gasteiger partial charge in [-0.05, 0) is 30.7 Å². The van der Waals surface area contributed by atoms with Crippen molar-refractivity contribution in [2.75, 3.05) is 26.2 Å². The molecule has 3 heterocycles. The number of benzene rings is 1. The number of nitrogens with zero attached hydrogens (tertiary/aromatic N) is 5. The number of hydrogen-bond acceptors (Lipinski definition) is 4. The van der Waals surface area contributed by atoms with Crippen LogP contribution in [0.3, 0.4) is 0 Å². The van der Waals surface area contributed by atoms with Gasteiger partial charge in [-0.25, -0.2) is 9.50 Å². The van der Waals surface area contributed by atoms with Crippen molar-refractivity contribution in [1.82, 2.24) is 24.4 Å². The summed E-state index contributed by atoms with van der Waals surface area (Å²) in [7, 11) is 0. The number of rotatable bonds is 3. The predicted octanol–water partition coefficient (Wildman–Crippen LogP) is 4.32. The van der Waals surface area contributed by atoms with Crippen LogP contribution >= 0.6 is 23.2 Å². The number of halogens is 5. The second-order valence-electron chi connectivity index (χ2n) is 7.40. The Morgan fingerprint density at radius 1 is 1.06 bits per heavy atom. The summed E-state index contributed by atoms with van der Waals surface area (Å²) < 4.78 is 40.7. The van der Waals surface area contributed by atoms with Crippen molar-refractivity contribution in [1.29, 1.82) is 0 Å². The van der Waals surface area contributed by atoms with Crippen LogP contribution in [0.1, 0.15) is 27.4 Å². The van der Waals surface area contributed by atoms with Crippen LogP contribution in [0.2, 0.25) is 10.0 Å². The molecule has 0 N–H and O–H groups in total. The quantitative estimate of drug-likeness (QED) is 0.570. The zero-order valence-electron chi connectivity index (χ0n) is 16.5. The summed E-state index contributed by atoms with van der Waals surface area (Å²) in [5.74, 6) is -0.412. The summed E-state index contributed by atoms with van der Waals surface area (Å²) in [5, 5.41) is 4.88. The van der Waals surface area contributed by atoms with E-state index < -0.39 is 17.8 Å². The molecule has 3 aromatic rings. The molecule has 11 heteroatoms. The van der Waals surface area contributed by atoms with E-state index in [0.29, 0.717) is 47.3 Å². The van der Waals surface area contributed by atoms with Gasteiger partial charge >= 0.3 is 6.18 Å². The first-order valence-electron chi connectivity index (χ1n) is 9.52. The predicted molar refractivity (Wildman–Crippen MR) is 110 cm³/mol. The number of alkyl halides is 3. The Balaban J connectivity index is 1.46. The van der Waals surface area contributed by atoms with E-state index in [1.165, 1.54) is 13.0 Å². The van der Waals surface area contributed by atoms with Gasteiger partial charge in [0.15, 0.2) is 11.3 Å². The molecule has 0 radical (unpaired) electrons. The van der Waals surface area contributed by atoms with E-state index >= 15 is 0 Å². The molecule has 31 heavy (non-hydrogen) atoms. The van der Waals surface area contributed by atoms with Crippen molar-refractivity contribution >= 4 is 34.8 Å². The first kappa shape index (κ1) is 21.9. The van der Waals surface area contributed by atoms with Gasteiger partial charge in [-0.1, -0.05) is 29.3 Å². The molecular formula is C20H18Cl2F3N5O. The third-order valence-electron chi connectivity index (χ3n) is 5.11. The molecule has 0 saturated carbocycles. The minimum Gasteiger partial charge on any atom is -0.335 e. The van der Waals surface area contributed by atoms with E-state index in [9.17, 15) is 18.0 Å². The van der Waals surface area contributed by atoms with Gasteiger partial charge in [0.25, 0.3) is 5.91 Å². The summed E-state index contributed by atoms with van der Waals surface area (Å²) in [6.45, 7) is 4.23. The highest BCUT2D eigenvalue weighted by Crippen LogP contribution is 2.30. The van der Waals surface area contributed by atoms with Crippen molar-refractivity contribution in [2.24, 2.45) is 0 Å². The number of carbonyl (C=O) groups is 1. The molecule has 1 aliphatic rings. The molecule has 0 atom stereocenters. The first-order valence-corrected chi connectivity index (χ1v) is 10.3. The average Bonchev–Trinajstić information content (AvgIpc) is 3.13. The van der Waals surface area contributed by atoms with Crippen molar-refractivity contribution < 1.29 is 18.0 Å². The largest absolute Gasteiger partial charge is 0.433 e. The van der Waals surface area contributed by atoms with Gasteiger partial charge < -0.3 is 4.90 Å². The number of aryl methyl sites for hydroxylation is 1. The summed E-state index contributed by atoms with van der Waals surface area (Å²) in [4.78, 5) is 20.7. The van der Waals surface area contributed by atoms with Gasteiger partial charge in [0, 0.05) is 44.5 Å². The lowest BCUT2D eigenvalue weighted by molar-refractivity contribution is -0.142. The van der Waals surface area contributed by atoms with Gasteiger partial charge in [0.1, 0.15) is 5.69 Å². The molecule has 1 fully saturated rings. The number of hydrogen-bond donors (Lipinski definition) is 0. The Bertz CT molecular complexity index is 1140. The van der Waals surface area contributed by atoms with Gasteiger partial charge in [0.05, 0.1) is 10.0 Å². The van der Waals surface area contributed by atoms with E-state index in [1.807, 2.05) is 12.1 Å². The molecule has 4 rings (SSSR count). The maximum Gasteiger partial charge on any atom is 0.433 e. The standard InChI is InChI=1S/C20H18Cl2F3N5O/c1-12-8-17(20(23,24)25)30-18(26-12)10-16(27-30)19(31)29-6-4-28(5-7-29)11-13-2-3-14(21)15(22)9-13/h2-3,8-10H,4-7,11H2,1H3. The molecule has 0 unspecified atom stereocenters. The fourth-order valence-electron chi connectivity index (χ4n) is 3.57. The van der Waals surface area contributed by atoms with E-state index in [1.54, 1.807) is 11.0 Å². The van der Waals surface area contributed by atoms with Crippen LogP contribution < -0.4 is 0 Å². The lowest BCUT2D eigenvalue weighted by atomic mass is 10.2. The second kappa shape index (κ2) is 8.29. The molecule has 6 nitrogen and oxygen atoms in total. The summed E-state index contributed by atoms with van der Waals surface area (Å²) >= 11 is 12.0. The smallest absolute Gasteiger partial charge is 0.335 e. The number of piperazine rings is 1. The van der Waals surface area contributed by atoms with Gasteiger partial charge in [-0.2, -0.15) is 18.3 Å². The van der Waals surface area contributed by atoms with Gasteiger partial charge in [0.2, 0.25) is 0 Å². The first-order chi connectivity index (χ1) is 14.6. The van der Waals surface area contributed by atoms with Crippen molar-refractivity contribution in [3.8, 4) is 0 Å². The number of aromatic nitrogens is 3. The number of fused-ring (bicyclic) bond motifs is 1. The molecular weight excluding hydrogens is 454 g/mol. The summed E-state index contributed by atoms with van der Waals surface area (Å²) in [6, 6.07) is 7.66. The highest BCUT2D eigenvalue weighted by atomic mass is 35.5. The lowest BCUT2D eigenvalue weighted by Crippen LogP contribution is -2.48. The Morgan fingerprint density at radius 2 is 1.77 bits per heavy atom. The SMILES string of the molecule is Cc1cc(C(F)(F)F)n2nc(C(=O)N3CCN(Cc4ccc(Cl)c(Cl)c4)CC3)cc2n1. The molecule has 1 amide bonds. The zero-order valence-corrected chi connectivity index (χ0v) is 18.0. The molecule has 1 aliphatic heterocycles. The van der Waals surface area contributed by atoms with Crippen LogP contribution in [0, 0.1) is 6.92 Å². The molecule has 2 aromatic heterocycles. The molecule has 0 aliphatic carbocycles. The maximum absolute atomic E-state index is 13.3. The van der Waals surface area contributed by atoms with Crippen LogP contribution in [-0.4, -0.2) is 56.5 Å². The maximum atomic E-state index is 13.3. The highest BCUT2D eigenvalue weighted by Gasteiger charge is 2.35. The van der Waals surface area contributed by atoms with Crippen LogP contribution in [0.25, 0.3) is 5.65 Å². The van der Waals surface area contributed by atoms with Gasteiger partial charge in [-0.15, -0.1) is 0 Å². The molecule has 0 bridgehead atoms. The van der Waals surface area contributed by atoms with Crippen molar-refractivity contribution in [2.45, 2.75) is 19.6 Å². The van der Waals surface area contributed by atoms with Crippen LogP contribution in [0.5, 0.6) is 0 Å². The summed E-state index contributed by atoms with van der Waals surface area (Å²) in [6.07, 6.45) is -4.60. The molecule has 0 spiro atoms. The van der Waals surface area contributed by atoms with E-state index in [-0.39, 0.29) is 17.0 Å². The Labute approximate surface area is 186 Å². The normalized spacial score (nSPS) is 15.6. The number of carbonyl (C=O) groups excluding carboxylic acids is 1. The van der Waals surface area contributed by atoms with E-state index in [4.69, 9.17) is 23.2 Å². The monoisotopic (exact) mass is 471 g/mol. The Hall–Kier alpha value is -2.36. The average molecular weight is 472 g/mol. The molecule has 1 aromatic carbocycles. The third-order valence-corrected chi connectivity index (χ3v) is 5.85.